The number of benzene rings is 1. The van der Waals surface area contributed by atoms with Crippen LogP contribution in [0.5, 0.6) is 0 Å². The molecule has 0 spiro atoms. The number of hydrogen-bond acceptors (Lipinski definition) is 3. The molecule has 0 unspecified atom stereocenters. The smallest absolute Gasteiger partial charge is 0.252 e. The van der Waals surface area contributed by atoms with Gasteiger partial charge in [0.25, 0.3) is 5.91 Å². The number of carbonyl (C=O) groups is 1. The number of nitrogens with zero attached hydrogens (tertiary/aromatic N) is 1. The molecule has 3 rings (SSSR count). The molecule has 1 atom stereocenters. The average molecular weight is 284 g/mol. The van der Waals surface area contributed by atoms with Crippen molar-refractivity contribution >= 4 is 16.8 Å². The Morgan fingerprint density at radius 3 is 2.90 bits per heavy atom. The van der Waals surface area contributed by atoms with E-state index in [0.29, 0.717) is 18.1 Å². The molecule has 1 fully saturated rings. The summed E-state index contributed by atoms with van der Waals surface area (Å²) in [5.41, 5.74) is 2.65. The van der Waals surface area contributed by atoms with Crippen LogP contribution in [-0.2, 0) is 4.74 Å². The molecule has 1 aliphatic rings. The number of hydrogen-bond donors (Lipinski definition) is 1. The Morgan fingerprint density at radius 2 is 2.19 bits per heavy atom. The van der Waals surface area contributed by atoms with Crippen molar-refractivity contribution in [3.8, 4) is 0 Å². The molecular formula is C17H20N2O2. The standard InChI is InChI=1S/C17H20N2O2/c1-11(10-21-2)18-17(20)14-9-16(12-7-8-12)19-15-6-4-3-5-13(14)15/h3-6,9,11-12H,7-8,10H2,1-2H3,(H,18,20)/t11-/m0/s1. The van der Waals surface area contributed by atoms with Gasteiger partial charge in [0.05, 0.1) is 17.7 Å². The van der Waals surface area contributed by atoms with Gasteiger partial charge < -0.3 is 10.1 Å². The first-order chi connectivity index (χ1) is 10.2. The molecule has 2 aromatic rings. The van der Waals surface area contributed by atoms with Crippen LogP contribution in [0.4, 0.5) is 0 Å². The Labute approximate surface area is 124 Å². The van der Waals surface area contributed by atoms with Crippen LogP contribution in [0.3, 0.4) is 0 Å². The molecule has 110 valence electrons. The number of para-hydroxylation sites is 1. The zero-order valence-corrected chi connectivity index (χ0v) is 12.4. The summed E-state index contributed by atoms with van der Waals surface area (Å²) in [7, 11) is 1.63. The third kappa shape index (κ3) is 3.05. The number of pyridine rings is 1. The Morgan fingerprint density at radius 1 is 1.43 bits per heavy atom. The molecule has 4 heteroatoms. The summed E-state index contributed by atoms with van der Waals surface area (Å²) in [5, 5.41) is 3.89. The van der Waals surface area contributed by atoms with Crippen molar-refractivity contribution in [1.29, 1.82) is 0 Å². The minimum Gasteiger partial charge on any atom is -0.383 e. The maximum atomic E-state index is 12.5. The Hall–Kier alpha value is -1.94. The van der Waals surface area contributed by atoms with Crippen molar-refractivity contribution in [3.05, 3.63) is 41.6 Å². The fraction of sp³-hybridized carbons (Fsp3) is 0.412. The second-order valence-electron chi connectivity index (χ2n) is 5.72. The monoisotopic (exact) mass is 284 g/mol. The summed E-state index contributed by atoms with van der Waals surface area (Å²) in [6.45, 7) is 2.44. The Kier molecular flexibility index (Phi) is 3.88. The van der Waals surface area contributed by atoms with Crippen molar-refractivity contribution in [2.75, 3.05) is 13.7 Å². The minimum atomic E-state index is -0.0555. The zero-order valence-electron chi connectivity index (χ0n) is 12.4. The highest BCUT2D eigenvalue weighted by Gasteiger charge is 2.27. The van der Waals surface area contributed by atoms with Crippen LogP contribution in [-0.4, -0.2) is 30.6 Å². The largest absolute Gasteiger partial charge is 0.383 e. The van der Waals surface area contributed by atoms with Crippen molar-refractivity contribution in [2.45, 2.75) is 31.7 Å². The summed E-state index contributed by atoms with van der Waals surface area (Å²) < 4.78 is 5.07. The molecule has 4 nitrogen and oxygen atoms in total. The van der Waals surface area contributed by atoms with Gasteiger partial charge in [-0.15, -0.1) is 0 Å². The molecule has 1 aliphatic carbocycles. The molecule has 0 bridgehead atoms. The van der Waals surface area contributed by atoms with Crippen LogP contribution in [0, 0.1) is 0 Å². The maximum Gasteiger partial charge on any atom is 0.252 e. The van der Waals surface area contributed by atoms with Crippen LogP contribution in [0.1, 0.15) is 41.7 Å². The fourth-order valence-electron chi connectivity index (χ4n) is 2.57. The lowest BCUT2D eigenvalue weighted by atomic mass is 10.0. The van der Waals surface area contributed by atoms with E-state index in [-0.39, 0.29) is 11.9 Å². The number of ether oxygens (including phenoxy) is 1. The molecule has 1 N–H and O–H groups in total. The summed E-state index contributed by atoms with van der Waals surface area (Å²) in [4.78, 5) is 17.2. The minimum absolute atomic E-state index is 0.0150. The molecule has 1 aromatic heterocycles. The molecule has 1 saturated carbocycles. The second kappa shape index (κ2) is 5.82. The number of aromatic nitrogens is 1. The lowest BCUT2D eigenvalue weighted by Crippen LogP contribution is -2.35. The summed E-state index contributed by atoms with van der Waals surface area (Å²) in [6.07, 6.45) is 2.35. The quantitative estimate of drug-likeness (QED) is 0.918. The fourth-order valence-corrected chi connectivity index (χ4v) is 2.57. The topological polar surface area (TPSA) is 51.2 Å². The van der Waals surface area contributed by atoms with E-state index in [1.807, 2.05) is 37.3 Å². The van der Waals surface area contributed by atoms with Crippen LogP contribution >= 0.6 is 0 Å². The van der Waals surface area contributed by atoms with Crippen molar-refractivity contribution in [3.63, 3.8) is 0 Å². The van der Waals surface area contributed by atoms with Crippen LogP contribution in [0.2, 0.25) is 0 Å². The highest BCUT2D eigenvalue weighted by Crippen LogP contribution is 2.40. The molecule has 0 aliphatic heterocycles. The van der Waals surface area contributed by atoms with E-state index in [1.54, 1.807) is 7.11 Å². The first kappa shape index (κ1) is 14.0. The highest BCUT2D eigenvalue weighted by molar-refractivity contribution is 6.06. The SMILES string of the molecule is COC[C@H](C)NC(=O)c1cc(C2CC2)nc2ccccc12. The number of fused-ring (bicyclic) bond motifs is 1. The molecule has 21 heavy (non-hydrogen) atoms. The van der Waals surface area contributed by atoms with Gasteiger partial charge in [0.15, 0.2) is 0 Å². The van der Waals surface area contributed by atoms with E-state index in [4.69, 9.17) is 9.72 Å². The number of nitrogens with one attached hydrogen (secondary N) is 1. The van der Waals surface area contributed by atoms with E-state index >= 15 is 0 Å². The van der Waals surface area contributed by atoms with E-state index in [0.717, 1.165) is 16.6 Å². The molecule has 1 amide bonds. The van der Waals surface area contributed by atoms with Crippen LogP contribution in [0.25, 0.3) is 10.9 Å². The normalized spacial score (nSPS) is 15.9. The van der Waals surface area contributed by atoms with E-state index in [9.17, 15) is 4.79 Å². The van der Waals surface area contributed by atoms with E-state index in [2.05, 4.69) is 5.32 Å². The van der Waals surface area contributed by atoms with E-state index < -0.39 is 0 Å². The summed E-state index contributed by atoms with van der Waals surface area (Å²) in [6, 6.07) is 9.76. The van der Waals surface area contributed by atoms with Crippen LogP contribution < -0.4 is 5.32 Å². The molecule has 1 aromatic carbocycles. The lowest BCUT2D eigenvalue weighted by Gasteiger charge is -2.14. The number of methoxy groups -OCH3 is 1. The third-order valence-electron chi connectivity index (χ3n) is 3.77. The van der Waals surface area contributed by atoms with Crippen molar-refractivity contribution in [2.24, 2.45) is 0 Å². The molecular weight excluding hydrogens is 264 g/mol. The van der Waals surface area contributed by atoms with Crippen molar-refractivity contribution in [1.82, 2.24) is 10.3 Å². The average Bonchev–Trinajstić information content (AvgIpc) is 3.31. The predicted molar refractivity (Wildman–Crippen MR) is 82.5 cm³/mol. The zero-order chi connectivity index (χ0) is 14.8. The first-order valence-electron chi connectivity index (χ1n) is 7.38. The van der Waals surface area contributed by atoms with Gasteiger partial charge in [-0.25, -0.2) is 0 Å². The van der Waals surface area contributed by atoms with Gasteiger partial charge in [0.1, 0.15) is 0 Å². The summed E-state index contributed by atoms with van der Waals surface area (Å²) >= 11 is 0. The van der Waals surface area contributed by atoms with Crippen LogP contribution in [0.15, 0.2) is 30.3 Å². The van der Waals surface area contributed by atoms with Gasteiger partial charge in [-0.1, -0.05) is 18.2 Å². The second-order valence-corrected chi connectivity index (χ2v) is 5.72. The van der Waals surface area contributed by atoms with Gasteiger partial charge in [-0.05, 0) is 31.9 Å². The third-order valence-corrected chi connectivity index (χ3v) is 3.77. The Balaban J connectivity index is 1.97. The molecule has 1 heterocycles. The summed E-state index contributed by atoms with van der Waals surface area (Å²) in [5.74, 6) is 0.470. The van der Waals surface area contributed by atoms with Gasteiger partial charge in [0.2, 0.25) is 0 Å². The number of rotatable bonds is 5. The number of amides is 1. The lowest BCUT2D eigenvalue weighted by molar-refractivity contribution is 0.0907. The van der Waals surface area contributed by atoms with Gasteiger partial charge >= 0.3 is 0 Å². The highest BCUT2D eigenvalue weighted by atomic mass is 16.5. The number of carbonyl (C=O) groups excluding carboxylic acids is 1. The predicted octanol–water partition coefficient (Wildman–Crippen LogP) is 2.88. The molecule has 0 radical (unpaired) electrons. The maximum absolute atomic E-state index is 12.5. The first-order valence-corrected chi connectivity index (χ1v) is 7.38. The van der Waals surface area contributed by atoms with Gasteiger partial charge in [-0.3, -0.25) is 9.78 Å². The Bertz CT molecular complexity index is 665. The molecule has 0 saturated heterocycles. The van der Waals surface area contributed by atoms with Crippen molar-refractivity contribution < 1.29 is 9.53 Å². The van der Waals surface area contributed by atoms with E-state index in [1.165, 1.54) is 12.8 Å². The van der Waals surface area contributed by atoms with Gasteiger partial charge in [-0.2, -0.15) is 0 Å². The van der Waals surface area contributed by atoms with Gasteiger partial charge in [0, 0.05) is 30.1 Å².